The van der Waals surface area contributed by atoms with Crippen molar-refractivity contribution in [2.45, 2.75) is 43.2 Å². The predicted octanol–water partition coefficient (Wildman–Crippen LogP) is -1.58. The molecular weight excluding hydrogens is 192 g/mol. The van der Waals surface area contributed by atoms with Gasteiger partial charge in [0.25, 0.3) is 0 Å². The predicted molar refractivity (Wildman–Crippen MR) is 44.2 cm³/mol. The average Bonchev–Trinajstić information content (AvgIpc) is 2.18. The van der Waals surface area contributed by atoms with Gasteiger partial charge in [-0.05, 0) is 19.3 Å². The Balaban J connectivity index is 3.06. The lowest BCUT2D eigenvalue weighted by atomic mass is 9.87. The topological polar surface area (TPSA) is 118 Å². The largest absolute Gasteiger partial charge is 0.479 e. The molecule has 5 N–H and O–H groups in total. The number of aliphatic hydroxyl groups excluding tert-OH is 1. The molecule has 82 valence electrons. The number of rotatable bonds is 1. The molecule has 1 aliphatic rings. The molecule has 6 nitrogen and oxygen atoms in total. The van der Waals surface area contributed by atoms with Crippen LogP contribution in [0, 0.1) is 0 Å². The smallest absolute Gasteiger partial charge is 0.341 e. The molecule has 0 spiro atoms. The van der Waals surface area contributed by atoms with Gasteiger partial charge in [0.2, 0.25) is 11.4 Å². The second kappa shape index (κ2) is 3.47. The minimum Gasteiger partial charge on any atom is -0.479 e. The van der Waals surface area contributed by atoms with Crippen LogP contribution in [0.25, 0.3) is 0 Å². The molecule has 1 aliphatic carbocycles. The van der Waals surface area contributed by atoms with Crippen molar-refractivity contribution in [2.24, 2.45) is 0 Å². The average molecular weight is 206 g/mol. The molecule has 0 aliphatic heterocycles. The maximum atomic E-state index is 10.7. The molecule has 0 heterocycles. The van der Waals surface area contributed by atoms with E-state index in [-0.39, 0.29) is 12.8 Å². The van der Waals surface area contributed by atoms with E-state index in [9.17, 15) is 25.2 Å². The first-order valence-electron chi connectivity index (χ1n) is 4.41. The van der Waals surface area contributed by atoms with Gasteiger partial charge in [0.05, 0.1) is 0 Å². The van der Waals surface area contributed by atoms with Gasteiger partial charge in [0, 0.05) is 0 Å². The number of hydrogen-bond acceptors (Lipinski definition) is 5. The Labute approximate surface area is 80.4 Å². The van der Waals surface area contributed by atoms with E-state index in [2.05, 4.69) is 0 Å². The zero-order valence-electron chi connectivity index (χ0n) is 7.55. The Bertz CT molecular complexity index is 238. The van der Waals surface area contributed by atoms with Gasteiger partial charge >= 0.3 is 5.97 Å². The molecule has 1 rings (SSSR count). The van der Waals surface area contributed by atoms with Gasteiger partial charge < -0.3 is 25.5 Å². The summed E-state index contributed by atoms with van der Waals surface area (Å²) in [4.78, 5) is 10.7. The fraction of sp³-hybridized carbons (Fsp3) is 0.875. The number of carboxylic acids is 1. The van der Waals surface area contributed by atoms with E-state index in [1.165, 1.54) is 0 Å². The van der Waals surface area contributed by atoms with Gasteiger partial charge in [-0.3, -0.25) is 0 Å². The fourth-order valence-corrected chi connectivity index (χ4v) is 1.64. The molecule has 0 aromatic carbocycles. The highest BCUT2D eigenvalue weighted by Crippen LogP contribution is 2.34. The third-order valence-corrected chi connectivity index (χ3v) is 2.69. The van der Waals surface area contributed by atoms with Crippen LogP contribution in [0.4, 0.5) is 0 Å². The Morgan fingerprint density at radius 2 is 1.79 bits per heavy atom. The number of aliphatic carboxylic acids is 1. The molecule has 0 aromatic heterocycles. The van der Waals surface area contributed by atoms with Crippen LogP contribution in [-0.4, -0.2) is 49.0 Å². The normalized spacial score (nSPS) is 37.6. The van der Waals surface area contributed by atoms with E-state index in [0.717, 1.165) is 0 Å². The van der Waals surface area contributed by atoms with E-state index in [0.29, 0.717) is 12.8 Å². The molecule has 2 unspecified atom stereocenters. The summed E-state index contributed by atoms with van der Waals surface area (Å²) < 4.78 is 0. The lowest BCUT2D eigenvalue weighted by Gasteiger charge is -2.37. The lowest BCUT2D eigenvalue weighted by molar-refractivity contribution is -0.308. The van der Waals surface area contributed by atoms with Crippen LogP contribution in [-0.2, 0) is 4.79 Å². The lowest BCUT2D eigenvalue weighted by Crippen LogP contribution is -2.64. The highest BCUT2D eigenvalue weighted by molar-refractivity contribution is 5.78. The monoisotopic (exact) mass is 206 g/mol. The van der Waals surface area contributed by atoms with Crippen molar-refractivity contribution in [3.05, 3.63) is 0 Å². The Morgan fingerprint density at radius 3 is 2.29 bits per heavy atom. The van der Waals surface area contributed by atoms with E-state index in [4.69, 9.17) is 5.11 Å². The van der Waals surface area contributed by atoms with Gasteiger partial charge in [-0.15, -0.1) is 0 Å². The van der Waals surface area contributed by atoms with Gasteiger partial charge in [-0.25, -0.2) is 4.79 Å². The van der Waals surface area contributed by atoms with Crippen molar-refractivity contribution >= 4 is 5.97 Å². The van der Waals surface area contributed by atoms with Crippen molar-refractivity contribution in [3.8, 4) is 0 Å². The minimum absolute atomic E-state index is 0.0581. The van der Waals surface area contributed by atoms with E-state index in [1.54, 1.807) is 0 Å². The molecule has 1 saturated carbocycles. The summed E-state index contributed by atoms with van der Waals surface area (Å²) in [6, 6.07) is 0. The molecule has 0 amide bonds. The third-order valence-electron chi connectivity index (χ3n) is 2.69. The van der Waals surface area contributed by atoms with Crippen LogP contribution in [0.3, 0.4) is 0 Å². The number of carbonyl (C=O) groups is 1. The molecule has 2 atom stereocenters. The first-order valence-corrected chi connectivity index (χ1v) is 4.41. The van der Waals surface area contributed by atoms with E-state index in [1.807, 2.05) is 0 Å². The van der Waals surface area contributed by atoms with Crippen molar-refractivity contribution < 1.29 is 30.3 Å². The summed E-state index contributed by atoms with van der Waals surface area (Å²) in [7, 11) is 0. The van der Waals surface area contributed by atoms with Crippen molar-refractivity contribution in [1.29, 1.82) is 0 Å². The van der Waals surface area contributed by atoms with Gasteiger partial charge in [-0.1, -0.05) is 6.42 Å². The number of aliphatic hydroxyl groups is 4. The molecule has 0 bridgehead atoms. The molecule has 0 radical (unpaired) electrons. The zero-order valence-corrected chi connectivity index (χ0v) is 7.55. The third kappa shape index (κ3) is 1.50. The molecule has 6 heteroatoms. The summed E-state index contributed by atoms with van der Waals surface area (Å²) in [6.07, 6.45) is -1.11. The Hall–Kier alpha value is -0.690. The summed E-state index contributed by atoms with van der Waals surface area (Å²) in [6.45, 7) is 0. The summed E-state index contributed by atoms with van der Waals surface area (Å²) in [5.74, 6) is -4.72. The second-order valence-corrected chi connectivity index (χ2v) is 3.65. The van der Waals surface area contributed by atoms with Crippen LogP contribution in [0.2, 0.25) is 0 Å². The first-order chi connectivity index (χ1) is 6.32. The maximum absolute atomic E-state index is 10.7. The van der Waals surface area contributed by atoms with Crippen molar-refractivity contribution in [3.63, 3.8) is 0 Å². The second-order valence-electron chi connectivity index (χ2n) is 3.65. The fourth-order valence-electron chi connectivity index (χ4n) is 1.64. The molecule has 14 heavy (non-hydrogen) atoms. The van der Waals surface area contributed by atoms with Crippen LogP contribution in [0.1, 0.15) is 25.7 Å². The number of carboxylic acid groups (broad SMARTS) is 1. The van der Waals surface area contributed by atoms with Gasteiger partial charge in [0.1, 0.15) is 6.10 Å². The Kier molecular flexibility index (Phi) is 2.82. The standard InChI is InChI=1S/C8H14O6/c9-5-3-1-2-4-7(12,6(10)11)8(5,13)14/h5,9,12-14H,1-4H2,(H,10,11). The minimum atomic E-state index is -2.99. The summed E-state index contributed by atoms with van der Waals surface area (Å²) >= 11 is 0. The molecule has 1 fully saturated rings. The van der Waals surface area contributed by atoms with Gasteiger partial charge in [-0.2, -0.15) is 0 Å². The van der Waals surface area contributed by atoms with Gasteiger partial charge in [0.15, 0.2) is 0 Å². The highest BCUT2D eigenvalue weighted by atomic mass is 16.6. The van der Waals surface area contributed by atoms with E-state index >= 15 is 0 Å². The zero-order chi connectivity index (χ0) is 11.0. The van der Waals surface area contributed by atoms with E-state index < -0.39 is 23.5 Å². The van der Waals surface area contributed by atoms with Crippen molar-refractivity contribution in [1.82, 2.24) is 0 Å². The highest BCUT2D eigenvalue weighted by Gasteiger charge is 2.59. The number of hydrogen-bond donors (Lipinski definition) is 5. The summed E-state index contributed by atoms with van der Waals surface area (Å²) in [5, 5.41) is 46.3. The molecular formula is C8H14O6. The maximum Gasteiger partial charge on any atom is 0.341 e. The quantitative estimate of drug-likeness (QED) is 0.261. The molecule has 0 saturated heterocycles. The van der Waals surface area contributed by atoms with Crippen LogP contribution in [0.15, 0.2) is 0 Å². The van der Waals surface area contributed by atoms with Crippen LogP contribution >= 0.6 is 0 Å². The first kappa shape index (κ1) is 11.4. The SMILES string of the molecule is O=C(O)C1(O)CCCCC(O)C1(O)O. The Morgan fingerprint density at radius 1 is 1.21 bits per heavy atom. The van der Waals surface area contributed by atoms with Crippen LogP contribution in [0.5, 0.6) is 0 Å². The summed E-state index contributed by atoms with van der Waals surface area (Å²) in [5.41, 5.74) is -2.69. The molecule has 0 aromatic rings. The van der Waals surface area contributed by atoms with Crippen molar-refractivity contribution in [2.75, 3.05) is 0 Å². The van der Waals surface area contributed by atoms with Crippen LogP contribution < -0.4 is 0 Å².